The molecule has 1 saturated heterocycles. The van der Waals surface area contributed by atoms with Gasteiger partial charge in [0.2, 0.25) is 10.0 Å². The van der Waals surface area contributed by atoms with Crippen LogP contribution in [0.15, 0.2) is 23.1 Å². The minimum Gasteiger partial charge on any atom is -0.315 e. The maximum atomic E-state index is 13.2. The molecule has 1 saturated carbocycles. The van der Waals surface area contributed by atoms with Crippen LogP contribution in [0.25, 0.3) is 0 Å². The van der Waals surface area contributed by atoms with Gasteiger partial charge in [-0.25, -0.2) is 8.42 Å². The molecule has 4 nitrogen and oxygen atoms in total. The van der Waals surface area contributed by atoms with Crippen molar-refractivity contribution in [3.63, 3.8) is 0 Å². The van der Waals surface area contributed by atoms with Crippen molar-refractivity contribution in [3.05, 3.63) is 28.8 Å². The molecule has 1 aromatic rings. The second-order valence-electron chi connectivity index (χ2n) is 6.23. The van der Waals surface area contributed by atoms with Crippen LogP contribution in [0.3, 0.4) is 0 Å². The number of sulfonamides is 1. The fraction of sp³-hybridized carbons (Fsp3) is 0.625. The van der Waals surface area contributed by atoms with Gasteiger partial charge in [0, 0.05) is 18.6 Å². The second kappa shape index (κ2) is 7.70. The van der Waals surface area contributed by atoms with E-state index in [2.05, 4.69) is 12.2 Å². The number of nitrogens with zero attached hydrogens (tertiary/aromatic N) is 1. The van der Waals surface area contributed by atoms with Crippen LogP contribution in [0.2, 0.25) is 5.02 Å². The predicted octanol–water partition coefficient (Wildman–Crippen LogP) is 3.23. The maximum Gasteiger partial charge on any atom is 0.245 e. The summed E-state index contributed by atoms with van der Waals surface area (Å²) in [5.41, 5.74) is 1.03. The minimum atomic E-state index is -3.53. The van der Waals surface area contributed by atoms with Crippen LogP contribution in [0, 0.1) is 0 Å². The van der Waals surface area contributed by atoms with Crippen molar-refractivity contribution in [2.75, 3.05) is 13.1 Å². The number of benzene rings is 1. The Bertz CT molecular complexity index is 641. The number of rotatable bonds is 6. The Kier molecular flexibility index (Phi) is 6.36. The van der Waals surface area contributed by atoms with Crippen LogP contribution in [-0.4, -0.2) is 37.9 Å². The number of hydrogen-bond acceptors (Lipinski definition) is 3. The van der Waals surface area contributed by atoms with Crippen molar-refractivity contribution in [3.8, 4) is 0 Å². The highest BCUT2D eigenvalue weighted by atomic mass is 35.5. The summed E-state index contributed by atoms with van der Waals surface area (Å²) in [5.74, 6) is 0. The average molecular weight is 379 g/mol. The van der Waals surface area contributed by atoms with E-state index in [1.54, 1.807) is 16.4 Å². The van der Waals surface area contributed by atoms with Crippen LogP contribution >= 0.6 is 24.0 Å². The standard InChI is InChI=1S/C16H23ClN2O2S.ClH/c1-2-3-12-4-7-15(17)16(10-12)22(20,21)19(13-5-6-13)14-8-9-18-11-14;/h4,7,10,13-14,18H,2-3,5-6,8-9,11H2,1H3;1H. The van der Waals surface area contributed by atoms with Gasteiger partial charge in [-0.05, 0) is 49.9 Å². The van der Waals surface area contributed by atoms with E-state index in [9.17, 15) is 8.42 Å². The molecule has 1 atom stereocenters. The van der Waals surface area contributed by atoms with Crippen LogP contribution in [0.5, 0.6) is 0 Å². The fourth-order valence-corrected chi connectivity index (χ4v) is 5.61. The Balaban J connectivity index is 0.00000192. The van der Waals surface area contributed by atoms with E-state index in [1.165, 1.54) is 0 Å². The van der Waals surface area contributed by atoms with Gasteiger partial charge in [-0.3, -0.25) is 0 Å². The van der Waals surface area contributed by atoms with Gasteiger partial charge in [0.05, 0.1) is 5.02 Å². The molecule has 1 aromatic carbocycles. The summed E-state index contributed by atoms with van der Waals surface area (Å²) in [6.07, 6.45) is 4.65. The van der Waals surface area contributed by atoms with Gasteiger partial charge in [-0.15, -0.1) is 12.4 Å². The van der Waals surface area contributed by atoms with Crippen molar-refractivity contribution < 1.29 is 8.42 Å². The predicted molar refractivity (Wildman–Crippen MR) is 96.0 cm³/mol. The van der Waals surface area contributed by atoms with E-state index in [0.29, 0.717) is 5.02 Å². The molecule has 0 amide bonds. The number of halogens is 2. The molecule has 1 heterocycles. The molecule has 23 heavy (non-hydrogen) atoms. The molecule has 0 radical (unpaired) electrons. The molecule has 1 unspecified atom stereocenters. The van der Waals surface area contributed by atoms with Gasteiger partial charge < -0.3 is 5.32 Å². The molecule has 2 aliphatic rings. The highest BCUT2D eigenvalue weighted by Gasteiger charge is 2.43. The summed E-state index contributed by atoms with van der Waals surface area (Å²) >= 11 is 6.24. The van der Waals surface area contributed by atoms with Crippen LogP contribution in [-0.2, 0) is 16.4 Å². The summed E-state index contributed by atoms with van der Waals surface area (Å²) in [5, 5.41) is 3.60. The molecule has 1 aliphatic heterocycles. The lowest BCUT2D eigenvalue weighted by Crippen LogP contribution is -2.43. The van der Waals surface area contributed by atoms with Gasteiger partial charge in [-0.1, -0.05) is 31.0 Å². The van der Waals surface area contributed by atoms with Crippen molar-refractivity contribution in [1.82, 2.24) is 9.62 Å². The van der Waals surface area contributed by atoms with Crippen LogP contribution in [0.1, 0.15) is 38.2 Å². The third-order valence-corrected chi connectivity index (χ3v) is 6.88. The lowest BCUT2D eigenvalue weighted by atomic mass is 10.1. The average Bonchev–Trinajstić information content (AvgIpc) is 3.15. The molecular weight excluding hydrogens is 355 g/mol. The second-order valence-corrected chi connectivity index (χ2v) is 8.45. The lowest BCUT2D eigenvalue weighted by Gasteiger charge is -2.28. The fourth-order valence-electron chi connectivity index (χ4n) is 3.18. The van der Waals surface area contributed by atoms with Crippen molar-refractivity contribution in [2.45, 2.75) is 56.0 Å². The molecule has 0 spiro atoms. The topological polar surface area (TPSA) is 49.4 Å². The monoisotopic (exact) mass is 378 g/mol. The molecule has 130 valence electrons. The molecule has 0 aromatic heterocycles. The summed E-state index contributed by atoms with van der Waals surface area (Å²) in [7, 11) is -3.53. The van der Waals surface area contributed by atoms with Gasteiger partial charge in [0.1, 0.15) is 4.90 Å². The Hall–Kier alpha value is -0.330. The van der Waals surface area contributed by atoms with E-state index < -0.39 is 10.0 Å². The molecule has 3 rings (SSSR count). The summed E-state index contributed by atoms with van der Waals surface area (Å²) in [6, 6.07) is 5.61. The first kappa shape index (κ1) is 19.0. The van der Waals surface area contributed by atoms with E-state index in [4.69, 9.17) is 11.6 Å². The molecule has 7 heteroatoms. The van der Waals surface area contributed by atoms with Crippen LogP contribution < -0.4 is 5.32 Å². The zero-order valence-electron chi connectivity index (χ0n) is 13.3. The summed E-state index contributed by atoms with van der Waals surface area (Å²) in [4.78, 5) is 0.277. The van der Waals surface area contributed by atoms with E-state index >= 15 is 0 Å². The SMILES string of the molecule is CCCc1ccc(Cl)c(S(=O)(=O)N(C2CC2)C2CCNC2)c1.Cl. The largest absolute Gasteiger partial charge is 0.315 e. The van der Waals surface area contributed by atoms with Gasteiger partial charge in [0.15, 0.2) is 0 Å². The van der Waals surface area contributed by atoms with Gasteiger partial charge >= 0.3 is 0 Å². The van der Waals surface area contributed by atoms with Crippen molar-refractivity contribution in [2.24, 2.45) is 0 Å². The number of hydrogen-bond donors (Lipinski definition) is 1. The maximum absolute atomic E-state index is 13.2. The van der Waals surface area contributed by atoms with E-state index in [1.807, 2.05) is 6.07 Å². The first-order chi connectivity index (χ1) is 10.5. The zero-order chi connectivity index (χ0) is 15.7. The Morgan fingerprint density at radius 3 is 2.57 bits per heavy atom. The molecule has 1 aliphatic carbocycles. The van der Waals surface area contributed by atoms with E-state index in [-0.39, 0.29) is 29.4 Å². The molecule has 2 fully saturated rings. The highest BCUT2D eigenvalue weighted by molar-refractivity contribution is 7.89. The van der Waals surface area contributed by atoms with Crippen LogP contribution in [0.4, 0.5) is 0 Å². The van der Waals surface area contributed by atoms with E-state index in [0.717, 1.165) is 50.8 Å². The van der Waals surface area contributed by atoms with Gasteiger partial charge in [-0.2, -0.15) is 4.31 Å². The smallest absolute Gasteiger partial charge is 0.245 e. The Labute approximate surface area is 150 Å². The minimum absolute atomic E-state index is 0. The number of nitrogens with one attached hydrogen (secondary N) is 1. The van der Waals surface area contributed by atoms with Gasteiger partial charge in [0.25, 0.3) is 0 Å². The number of aryl methyl sites for hydroxylation is 1. The first-order valence-corrected chi connectivity index (χ1v) is 9.88. The van der Waals surface area contributed by atoms with Crippen molar-refractivity contribution in [1.29, 1.82) is 0 Å². The first-order valence-electron chi connectivity index (χ1n) is 8.06. The molecule has 0 bridgehead atoms. The molecular formula is C16H24Cl2N2O2S. The zero-order valence-corrected chi connectivity index (χ0v) is 15.7. The normalized spacial score (nSPS) is 21.4. The summed E-state index contributed by atoms with van der Waals surface area (Å²) < 4.78 is 28.1. The summed E-state index contributed by atoms with van der Waals surface area (Å²) in [6.45, 7) is 3.71. The molecule has 1 N–H and O–H groups in total. The third-order valence-electron chi connectivity index (χ3n) is 4.39. The quantitative estimate of drug-likeness (QED) is 0.826. The highest BCUT2D eigenvalue weighted by Crippen LogP contribution is 2.37. The third kappa shape index (κ3) is 4.02. The van der Waals surface area contributed by atoms with Crippen molar-refractivity contribution >= 4 is 34.0 Å². The lowest BCUT2D eigenvalue weighted by molar-refractivity contribution is 0.327. The Morgan fingerprint density at radius 2 is 2.00 bits per heavy atom. The Morgan fingerprint density at radius 1 is 1.26 bits per heavy atom.